The molecule has 0 saturated heterocycles. The Labute approximate surface area is 105 Å². The molecule has 0 radical (unpaired) electrons. The van der Waals surface area contributed by atoms with E-state index < -0.39 is 0 Å². The van der Waals surface area contributed by atoms with Gasteiger partial charge in [-0.1, -0.05) is 45.0 Å². The van der Waals surface area contributed by atoms with Crippen LogP contribution in [-0.2, 0) is 6.54 Å². The molecule has 1 aliphatic heterocycles. The molecular weight excluding hydrogens is 208 g/mol. The monoisotopic (exact) mass is 232 g/mol. The van der Waals surface area contributed by atoms with E-state index in [1.165, 1.54) is 11.1 Å². The summed E-state index contributed by atoms with van der Waals surface area (Å²) >= 11 is 0. The van der Waals surface area contributed by atoms with Crippen molar-refractivity contribution in [2.24, 2.45) is 5.41 Å². The van der Waals surface area contributed by atoms with Crippen molar-refractivity contribution in [3.63, 3.8) is 0 Å². The summed E-state index contributed by atoms with van der Waals surface area (Å²) in [5, 5.41) is 3.52. The lowest BCUT2D eigenvalue weighted by atomic mass is 9.92. The third-order valence-electron chi connectivity index (χ3n) is 3.32. The summed E-state index contributed by atoms with van der Waals surface area (Å²) in [5.41, 5.74) is 3.30. The van der Waals surface area contributed by atoms with Gasteiger partial charge in [0.25, 0.3) is 0 Å². The number of fused-ring (bicyclic) bond motifs is 1. The molecule has 1 heterocycles. The van der Waals surface area contributed by atoms with Gasteiger partial charge in [-0.2, -0.15) is 0 Å². The van der Waals surface area contributed by atoms with Crippen molar-refractivity contribution in [2.45, 2.75) is 33.4 Å². The minimum absolute atomic E-state index is 0.348. The van der Waals surface area contributed by atoms with Gasteiger partial charge in [0.15, 0.2) is 0 Å². The van der Waals surface area contributed by atoms with Gasteiger partial charge in [0.1, 0.15) is 0 Å². The Morgan fingerprint density at radius 3 is 2.71 bits per heavy atom. The number of rotatable bonds is 2. The van der Waals surface area contributed by atoms with Crippen LogP contribution in [0, 0.1) is 5.41 Å². The molecule has 94 valence electrons. The Morgan fingerprint density at radius 1 is 1.29 bits per heavy atom. The van der Waals surface area contributed by atoms with Gasteiger partial charge in [0.05, 0.1) is 0 Å². The van der Waals surface area contributed by atoms with Crippen LogP contribution in [0.3, 0.4) is 0 Å². The molecule has 0 spiro atoms. The molecule has 17 heavy (non-hydrogen) atoms. The van der Waals surface area contributed by atoms with E-state index in [-0.39, 0.29) is 0 Å². The predicted octanol–water partition coefficient (Wildman–Crippen LogP) is 2.81. The summed E-state index contributed by atoms with van der Waals surface area (Å²) in [5.74, 6) is 0. The summed E-state index contributed by atoms with van der Waals surface area (Å²) in [6.07, 6.45) is 0. The number of likely N-dealkylation sites (N-methyl/N-ethyl adjacent to an activating group) is 1. The van der Waals surface area contributed by atoms with Gasteiger partial charge in [-0.15, -0.1) is 0 Å². The quantitative estimate of drug-likeness (QED) is 0.843. The Balaban J connectivity index is 2.18. The highest BCUT2D eigenvalue weighted by Crippen LogP contribution is 2.28. The normalized spacial score (nSPS) is 20.4. The second-order valence-electron chi connectivity index (χ2n) is 6.32. The van der Waals surface area contributed by atoms with Crippen molar-refractivity contribution in [1.82, 2.24) is 10.2 Å². The molecule has 1 unspecified atom stereocenters. The van der Waals surface area contributed by atoms with Crippen LogP contribution in [0.1, 0.15) is 37.9 Å². The number of hydrogen-bond acceptors (Lipinski definition) is 2. The Hall–Kier alpha value is -0.860. The lowest BCUT2D eigenvalue weighted by molar-refractivity contribution is 0.163. The fourth-order valence-electron chi connectivity index (χ4n) is 2.73. The third-order valence-corrected chi connectivity index (χ3v) is 3.32. The largest absolute Gasteiger partial charge is 0.311 e. The van der Waals surface area contributed by atoms with Gasteiger partial charge in [0, 0.05) is 25.7 Å². The van der Waals surface area contributed by atoms with Gasteiger partial charge in [-0.05, 0) is 23.6 Å². The topological polar surface area (TPSA) is 15.3 Å². The Kier molecular flexibility index (Phi) is 3.55. The maximum absolute atomic E-state index is 3.52. The number of hydrogen-bond donors (Lipinski definition) is 1. The van der Waals surface area contributed by atoms with Gasteiger partial charge < -0.3 is 5.32 Å². The molecule has 0 fully saturated rings. The number of nitrogens with zero attached hydrogens (tertiary/aromatic N) is 1. The predicted molar refractivity (Wildman–Crippen MR) is 73.0 cm³/mol. The molecule has 0 amide bonds. The molecule has 2 nitrogen and oxygen atoms in total. The van der Waals surface area contributed by atoms with E-state index in [2.05, 4.69) is 62.3 Å². The van der Waals surface area contributed by atoms with Crippen molar-refractivity contribution >= 4 is 0 Å². The Morgan fingerprint density at radius 2 is 2.00 bits per heavy atom. The van der Waals surface area contributed by atoms with Crippen molar-refractivity contribution in [2.75, 3.05) is 20.1 Å². The molecule has 0 bridgehead atoms. The van der Waals surface area contributed by atoms with Crippen molar-refractivity contribution in [1.29, 1.82) is 0 Å². The van der Waals surface area contributed by atoms with E-state index in [9.17, 15) is 0 Å². The van der Waals surface area contributed by atoms with Gasteiger partial charge in [-0.3, -0.25) is 4.90 Å². The summed E-state index contributed by atoms with van der Waals surface area (Å²) in [4.78, 5) is 2.48. The van der Waals surface area contributed by atoms with Crippen LogP contribution >= 0.6 is 0 Å². The van der Waals surface area contributed by atoms with E-state index in [1.54, 1.807) is 0 Å². The van der Waals surface area contributed by atoms with Crippen molar-refractivity contribution in [3.8, 4) is 0 Å². The van der Waals surface area contributed by atoms with E-state index in [4.69, 9.17) is 0 Å². The highest BCUT2D eigenvalue weighted by molar-refractivity contribution is 5.32. The molecule has 1 aromatic rings. The fraction of sp³-hybridized carbons (Fsp3) is 0.600. The van der Waals surface area contributed by atoms with Crippen molar-refractivity contribution < 1.29 is 0 Å². The first-order valence-corrected chi connectivity index (χ1v) is 6.46. The van der Waals surface area contributed by atoms with Gasteiger partial charge >= 0.3 is 0 Å². The van der Waals surface area contributed by atoms with E-state index in [0.717, 1.165) is 19.6 Å². The van der Waals surface area contributed by atoms with Crippen LogP contribution in [0.4, 0.5) is 0 Å². The van der Waals surface area contributed by atoms with Gasteiger partial charge in [-0.25, -0.2) is 0 Å². The van der Waals surface area contributed by atoms with Crippen LogP contribution in [-0.4, -0.2) is 25.0 Å². The minimum atomic E-state index is 0.348. The summed E-state index contributed by atoms with van der Waals surface area (Å²) in [6, 6.07) is 9.31. The molecule has 2 heteroatoms. The van der Waals surface area contributed by atoms with E-state index in [0.29, 0.717) is 11.5 Å². The minimum Gasteiger partial charge on any atom is -0.311 e. The number of benzene rings is 1. The fourth-order valence-corrected chi connectivity index (χ4v) is 2.73. The maximum Gasteiger partial charge on any atom is 0.0473 e. The zero-order valence-electron chi connectivity index (χ0n) is 11.5. The average molecular weight is 232 g/mol. The standard InChI is InChI=1S/C15H24N2/c1-15(2,3)11-17(4)14-10-16-9-12-7-5-6-8-13(12)14/h5-8,14,16H,9-11H2,1-4H3. The average Bonchev–Trinajstić information content (AvgIpc) is 2.26. The molecular formula is C15H24N2. The van der Waals surface area contributed by atoms with Crippen LogP contribution in [0.5, 0.6) is 0 Å². The lowest BCUT2D eigenvalue weighted by Crippen LogP contribution is -2.40. The molecule has 1 N–H and O–H groups in total. The lowest BCUT2D eigenvalue weighted by Gasteiger charge is -2.37. The first-order valence-electron chi connectivity index (χ1n) is 6.46. The van der Waals surface area contributed by atoms with Crippen LogP contribution in [0.15, 0.2) is 24.3 Å². The zero-order valence-corrected chi connectivity index (χ0v) is 11.5. The molecule has 0 aliphatic carbocycles. The zero-order chi connectivity index (χ0) is 12.5. The summed E-state index contributed by atoms with van der Waals surface area (Å²) < 4.78 is 0. The van der Waals surface area contributed by atoms with Crippen LogP contribution in [0.25, 0.3) is 0 Å². The smallest absolute Gasteiger partial charge is 0.0473 e. The number of nitrogens with one attached hydrogen (secondary N) is 1. The molecule has 1 atom stereocenters. The SMILES string of the molecule is CN(CC(C)(C)C)C1CNCc2ccccc21. The molecule has 2 rings (SSSR count). The van der Waals surface area contributed by atoms with Crippen molar-refractivity contribution in [3.05, 3.63) is 35.4 Å². The highest BCUT2D eigenvalue weighted by atomic mass is 15.2. The van der Waals surface area contributed by atoms with E-state index in [1.807, 2.05) is 0 Å². The first-order chi connectivity index (χ1) is 7.97. The highest BCUT2D eigenvalue weighted by Gasteiger charge is 2.25. The summed E-state index contributed by atoms with van der Waals surface area (Å²) in [7, 11) is 2.24. The Bertz CT molecular complexity index is 379. The van der Waals surface area contributed by atoms with Crippen LogP contribution < -0.4 is 5.32 Å². The first kappa shape index (κ1) is 12.6. The molecule has 0 saturated carbocycles. The summed E-state index contributed by atoms with van der Waals surface area (Å²) in [6.45, 7) is 10.1. The maximum atomic E-state index is 3.52. The molecule has 1 aliphatic rings. The second-order valence-corrected chi connectivity index (χ2v) is 6.32. The van der Waals surface area contributed by atoms with Crippen LogP contribution in [0.2, 0.25) is 0 Å². The van der Waals surface area contributed by atoms with E-state index >= 15 is 0 Å². The molecule has 1 aromatic carbocycles. The second kappa shape index (κ2) is 4.79. The van der Waals surface area contributed by atoms with Gasteiger partial charge in [0.2, 0.25) is 0 Å². The molecule has 0 aromatic heterocycles. The third kappa shape index (κ3) is 3.08.